The van der Waals surface area contributed by atoms with Crippen LogP contribution in [0.1, 0.15) is 26.5 Å². The van der Waals surface area contributed by atoms with Crippen molar-refractivity contribution in [2.45, 2.75) is 20.4 Å². The number of aromatic carboxylic acids is 1. The van der Waals surface area contributed by atoms with Crippen LogP contribution in [0.25, 0.3) is 10.6 Å². The molecule has 2 aromatic heterocycles. The van der Waals surface area contributed by atoms with E-state index in [1.807, 2.05) is 32.0 Å². The van der Waals surface area contributed by atoms with Crippen molar-refractivity contribution in [2.24, 2.45) is 0 Å². The number of hydrogen-bond acceptors (Lipinski definition) is 4. The molecular formula is C16H14ClN3O2S. The summed E-state index contributed by atoms with van der Waals surface area (Å²) in [4.78, 5) is 16.6. The van der Waals surface area contributed by atoms with E-state index < -0.39 is 5.97 Å². The standard InChI is InChI=1S/C16H14ClN3O2S/c1-9-3-11(5-13(17)4-9)15-19-14(10(2)23-15)8-20-7-12(6-18-20)16(21)22/h3-7H,8H2,1-2H3,(H,21,22). The van der Waals surface area contributed by atoms with Gasteiger partial charge in [-0.15, -0.1) is 11.3 Å². The summed E-state index contributed by atoms with van der Waals surface area (Å²) in [7, 11) is 0. The molecule has 0 fully saturated rings. The maximum Gasteiger partial charge on any atom is 0.338 e. The summed E-state index contributed by atoms with van der Waals surface area (Å²) in [6, 6.07) is 5.85. The van der Waals surface area contributed by atoms with Crippen LogP contribution in [0.3, 0.4) is 0 Å². The van der Waals surface area contributed by atoms with Gasteiger partial charge in [-0.05, 0) is 37.6 Å². The number of thiazole rings is 1. The van der Waals surface area contributed by atoms with Gasteiger partial charge in [-0.1, -0.05) is 11.6 Å². The Labute approximate surface area is 142 Å². The van der Waals surface area contributed by atoms with Gasteiger partial charge in [-0.3, -0.25) is 4.68 Å². The highest BCUT2D eigenvalue weighted by Crippen LogP contribution is 2.30. The number of carbonyl (C=O) groups is 1. The summed E-state index contributed by atoms with van der Waals surface area (Å²) in [5.41, 5.74) is 3.12. The van der Waals surface area contributed by atoms with Gasteiger partial charge < -0.3 is 5.11 Å². The highest BCUT2D eigenvalue weighted by molar-refractivity contribution is 7.15. The molecule has 7 heteroatoms. The Hall–Kier alpha value is -2.18. The van der Waals surface area contributed by atoms with Crippen LogP contribution in [0, 0.1) is 13.8 Å². The molecule has 3 aromatic rings. The molecule has 1 aromatic carbocycles. The Balaban J connectivity index is 1.89. The minimum absolute atomic E-state index is 0.170. The maximum absolute atomic E-state index is 10.9. The van der Waals surface area contributed by atoms with Crippen LogP contribution >= 0.6 is 22.9 Å². The molecule has 5 nitrogen and oxygen atoms in total. The molecule has 0 radical (unpaired) electrons. The Morgan fingerprint density at radius 2 is 2.13 bits per heavy atom. The summed E-state index contributed by atoms with van der Waals surface area (Å²) < 4.78 is 1.58. The predicted molar refractivity (Wildman–Crippen MR) is 90.3 cm³/mol. The summed E-state index contributed by atoms with van der Waals surface area (Å²) in [6.07, 6.45) is 2.84. The smallest absolute Gasteiger partial charge is 0.338 e. The Morgan fingerprint density at radius 1 is 1.35 bits per heavy atom. The summed E-state index contributed by atoms with van der Waals surface area (Å²) >= 11 is 7.71. The highest BCUT2D eigenvalue weighted by Gasteiger charge is 2.13. The number of aromatic nitrogens is 3. The molecular weight excluding hydrogens is 334 g/mol. The third-order valence-corrected chi connectivity index (χ3v) is 4.65. The normalized spacial score (nSPS) is 10.9. The number of carboxylic acid groups (broad SMARTS) is 1. The van der Waals surface area contributed by atoms with Crippen LogP contribution in [0.2, 0.25) is 5.02 Å². The molecule has 23 heavy (non-hydrogen) atoms. The number of benzene rings is 1. The van der Waals surface area contributed by atoms with Gasteiger partial charge in [0.15, 0.2) is 0 Å². The Bertz CT molecular complexity index is 865. The van der Waals surface area contributed by atoms with Crippen LogP contribution in [-0.4, -0.2) is 25.8 Å². The molecule has 0 aliphatic heterocycles. The van der Waals surface area contributed by atoms with Crippen molar-refractivity contribution >= 4 is 28.9 Å². The van der Waals surface area contributed by atoms with E-state index in [-0.39, 0.29) is 5.56 Å². The molecule has 1 N–H and O–H groups in total. The van der Waals surface area contributed by atoms with Crippen molar-refractivity contribution < 1.29 is 9.90 Å². The van der Waals surface area contributed by atoms with E-state index in [2.05, 4.69) is 10.1 Å². The van der Waals surface area contributed by atoms with Crippen LogP contribution in [0.5, 0.6) is 0 Å². The van der Waals surface area contributed by atoms with Crippen molar-refractivity contribution in [3.63, 3.8) is 0 Å². The molecule has 0 saturated heterocycles. The lowest BCUT2D eigenvalue weighted by atomic mass is 10.1. The molecule has 0 atom stereocenters. The van der Waals surface area contributed by atoms with E-state index in [0.29, 0.717) is 11.6 Å². The van der Waals surface area contributed by atoms with E-state index in [0.717, 1.165) is 26.7 Å². The second kappa shape index (κ2) is 6.14. The fourth-order valence-corrected chi connectivity index (χ4v) is 3.47. The lowest BCUT2D eigenvalue weighted by molar-refractivity contribution is 0.0697. The first-order chi connectivity index (χ1) is 10.9. The van der Waals surface area contributed by atoms with Gasteiger partial charge in [0.1, 0.15) is 5.01 Å². The number of carboxylic acids is 1. The first kappa shape index (κ1) is 15.7. The average molecular weight is 348 g/mol. The molecule has 0 spiro atoms. The van der Waals surface area contributed by atoms with Crippen molar-refractivity contribution in [1.82, 2.24) is 14.8 Å². The topological polar surface area (TPSA) is 68.0 Å². The van der Waals surface area contributed by atoms with E-state index in [9.17, 15) is 4.79 Å². The first-order valence-electron chi connectivity index (χ1n) is 6.92. The zero-order chi connectivity index (χ0) is 16.6. The Morgan fingerprint density at radius 3 is 2.78 bits per heavy atom. The molecule has 0 amide bonds. The second-order valence-electron chi connectivity index (χ2n) is 5.27. The number of rotatable bonds is 4. The van der Waals surface area contributed by atoms with Crippen LogP contribution in [-0.2, 0) is 6.54 Å². The van der Waals surface area contributed by atoms with Gasteiger partial charge >= 0.3 is 5.97 Å². The van der Waals surface area contributed by atoms with Crippen molar-refractivity contribution in [3.8, 4) is 10.6 Å². The Kier molecular flexibility index (Phi) is 4.19. The third kappa shape index (κ3) is 3.43. The van der Waals surface area contributed by atoms with Gasteiger partial charge in [0, 0.05) is 21.7 Å². The van der Waals surface area contributed by atoms with Crippen LogP contribution < -0.4 is 0 Å². The van der Waals surface area contributed by atoms with Crippen LogP contribution in [0.4, 0.5) is 0 Å². The molecule has 2 heterocycles. The zero-order valence-electron chi connectivity index (χ0n) is 12.6. The fraction of sp³-hybridized carbons (Fsp3) is 0.188. The predicted octanol–water partition coefficient (Wildman–Crippen LogP) is 4.02. The number of halogens is 1. The van der Waals surface area contributed by atoms with E-state index in [1.54, 1.807) is 16.0 Å². The maximum atomic E-state index is 10.9. The van der Waals surface area contributed by atoms with Crippen molar-refractivity contribution in [1.29, 1.82) is 0 Å². The fourth-order valence-electron chi connectivity index (χ4n) is 2.27. The van der Waals surface area contributed by atoms with Gasteiger partial charge in [0.05, 0.1) is 24.0 Å². The van der Waals surface area contributed by atoms with Gasteiger partial charge in [0.25, 0.3) is 0 Å². The van der Waals surface area contributed by atoms with Crippen molar-refractivity contribution in [2.75, 3.05) is 0 Å². The monoisotopic (exact) mass is 347 g/mol. The summed E-state index contributed by atoms with van der Waals surface area (Å²) in [5.74, 6) is -0.985. The average Bonchev–Trinajstić information content (AvgIpc) is 3.06. The summed E-state index contributed by atoms with van der Waals surface area (Å²) in [6.45, 7) is 4.43. The highest BCUT2D eigenvalue weighted by atomic mass is 35.5. The molecule has 118 valence electrons. The van der Waals surface area contributed by atoms with E-state index in [4.69, 9.17) is 16.7 Å². The minimum Gasteiger partial charge on any atom is -0.478 e. The molecule has 0 unspecified atom stereocenters. The van der Waals surface area contributed by atoms with E-state index >= 15 is 0 Å². The molecule has 0 aliphatic carbocycles. The third-order valence-electron chi connectivity index (χ3n) is 3.37. The SMILES string of the molecule is Cc1cc(Cl)cc(-c2nc(Cn3cc(C(=O)O)cn3)c(C)s2)c1. The first-order valence-corrected chi connectivity index (χ1v) is 8.11. The molecule has 3 rings (SSSR count). The largest absolute Gasteiger partial charge is 0.478 e. The van der Waals surface area contributed by atoms with Gasteiger partial charge in [0.2, 0.25) is 0 Å². The van der Waals surface area contributed by atoms with Gasteiger partial charge in [-0.2, -0.15) is 5.10 Å². The number of nitrogens with zero attached hydrogens (tertiary/aromatic N) is 3. The minimum atomic E-state index is -0.985. The second-order valence-corrected chi connectivity index (χ2v) is 6.91. The molecule has 0 bridgehead atoms. The lowest BCUT2D eigenvalue weighted by Crippen LogP contribution is -2.02. The zero-order valence-corrected chi connectivity index (χ0v) is 14.1. The van der Waals surface area contributed by atoms with E-state index in [1.165, 1.54) is 12.4 Å². The number of aryl methyl sites for hydroxylation is 2. The molecule has 0 aliphatic rings. The van der Waals surface area contributed by atoms with Crippen LogP contribution in [0.15, 0.2) is 30.6 Å². The summed E-state index contributed by atoms with van der Waals surface area (Å²) in [5, 5.41) is 14.6. The molecule has 0 saturated carbocycles. The van der Waals surface area contributed by atoms with Gasteiger partial charge in [-0.25, -0.2) is 9.78 Å². The van der Waals surface area contributed by atoms with Crippen molar-refractivity contribution in [3.05, 3.63) is 57.3 Å². The lowest BCUT2D eigenvalue weighted by Gasteiger charge is -2.00. The number of hydrogen-bond donors (Lipinski definition) is 1. The quantitative estimate of drug-likeness (QED) is 0.773.